The number of hydrogen-bond acceptors (Lipinski definition) is 3. The first-order valence-electron chi connectivity index (χ1n) is 6.34. The molecule has 0 aliphatic rings. The quantitative estimate of drug-likeness (QED) is 0.753. The predicted molar refractivity (Wildman–Crippen MR) is 69.0 cm³/mol. The zero-order chi connectivity index (χ0) is 15.9. The minimum atomic E-state index is -4.53. The van der Waals surface area contributed by atoms with Crippen LogP contribution in [0.15, 0.2) is 0 Å². The Kier molecular flexibility index (Phi) is 7.55. The highest BCUT2D eigenvalue weighted by atomic mass is 19.4. The summed E-state index contributed by atoms with van der Waals surface area (Å²) in [4.78, 5) is 25.2. The number of hydrogen-bond donors (Lipinski definition) is 1. The lowest BCUT2D eigenvalue weighted by Crippen LogP contribution is -2.48. The highest BCUT2D eigenvalue weighted by Crippen LogP contribution is 2.18. The number of amides is 2. The fraction of sp³-hybridized carbons (Fsp3) is 0.833. The molecule has 0 heterocycles. The summed E-state index contributed by atoms with van der Waals surface area (Å²) in [5.41, 5.74) is 0. The SMILES string of the molecule is CCNCC(C)C(=O)N(CC(=O)N(C)C)CC(F)(F)F. The second-order valence-electron chi connectivity index (χ2n) is 4.81. The molecule has 20 heavy (non-hydrogen) atoms. The van der Waals surface area contributed by atoms with Crippen LogP contribution >= 0.6 is 0 Å². The second kappa shape index (κ2) is 8.08. The van der Waals surface area contributed by atoms with E-state index in [0.29, 0.717) is 11.4 Å². The van der Waals surface area contributed by atoms with Crippen molar-refractivity contribution in [2.45, 2.75) is 20.0 Å². The first-order valence-corrected chi connectivity index (χ1v) is 6.34. The van der Waals surface area contributed by atoms with E-state index in [0.717, 1.165) is 4.90 Å². The molecule has 0 aromatic heterocycles. The summed E-state index contributed by atoms with van der Waals surface area (Å²) in [7, 11) is 2.86. The maximum absolute atomic E-state index is 12.5. The highest BCUT2D eigenvalue weighted by Gasteiger charge is 2.35. The van der Waals surface area contributed by atoms with Crippen LogP contribution in [0.3, 0.4) is 0 Å². The highest BCUT2D eigenvalue weighted by molar-refractivity contribution is 5.85. The van der Waals surface area contributed by atoms with E-state index in [1.807, 2.05) is 6.92 Å². The van der Waals surface area contributed by atoms with E-state index in [4.69, 9.17) is 0 Å². The molecule has 8 heteroatoms. The van der Waals surface area contributed by atoms with Crippen molar-refractivity contribution in [1.29, 1.82) is 0 Å². The van der Waals surface area contributed by atoms with Gasteiger partial charge in [-0.25, -0.2) is 0 Å². The molecule has 1 N–H and O–H groups in total. The molecule has 5 nitrogen and oxygen atoms in total. The summed E-state index contributed by atoms with van der Waals surface area (Å²) >= 11 is 0. The molecule has 0 aromatic rings. The smallest absolute Gasteiger partial charge is 0.347 e. The molecule has 0 radical (unpaired) electrons. The molecule has 0 aliphatic carbocycles. The molecule has 0 saturated heterocycles. The van der Waals surface area contributed by atoms with Gasteiger partial charge in [0.15, 0.2) is 0 Å². The van der Waals surface area contributed by atoms with Crippen LogP contribution in [-0.4, -0.2) is 68.1 Å². The molecule has 0 aromatic carbocycles. The largest absolute Gasteiger partial charge is 0.406 e. The zero-order valence-corrected chi connectivity index (χ0v) is 12.3. The molecule has 0 bridgehead atoms. The minimum absolute atomic E-state index is 0.278. The molecule has 0 aliphatic heterocycles. The average molecular weight is 297 g/mol. The predicted octanol–water partition coefficient (Wildman–Crippen LogP) is 0.711. The number of alkyl halides is 3. The summed E-state index contributed by atoms with van der Waals surface area (Å²) in [6.45, 7) is 2.28. The van der Waals surface area contributed by atoms with Gasteiger partial charge in [0.2, 0.25) is 11.8 Å². The molecule has 1 atom stereocenters. The van der Waals surface area contributed by atoms with Gasteiger partial charge in [-0.15, -0.1) is 0 Å². The molecule has 0 fully saturated rings. The van der Waals surface area contributed by atoms with E-state index in [1.165, 1.54) is 21.0 Å². The lowest BCUT2D eigenvalue weighted by atomic mass is 10.1. The van der Waals surface area contributed by atoms with Crippen LogP contribution in [0.5, 0.6) is 0 Å². The molecule has 0 spiro atoms. The lowest BCUT2D eigenvalue weighted by Gasteiger charge is -2.27. The Bertz CT molecular complexity index is 332. The van der Waals surface area contributed by atoms with E-state index >= 15 is 0 Å². The third-order valence-corrected chi connectivity index (χ3v) is 2.63. The van der Waals surface area contributed by atoms with Gasteiger partial charge in [-0.2, -0.15) is 13.2 Å². The number of nitrogens with one attached hydrogen (secondary N) is 1. The number of carbonyl (C=O) groups excluding carboxylic acids is 2. The molecule has 118 valence electrons. The molecule has 1 unspecified atom stereocenters. The monoisotopic (exact) mass is 297 g/mol. The van der Waals surface area contributed by atoms with Gasteiger partial charge in [-0.3, -0.25) is 9.59 Å². The van der Waals surface area contributed by atoms with Crippen LogP contribution in [0.2, 0.25) is 0 Å². The Morgan fingerprint density at radius 2 is 1.80 bits per heavy atom. The fourth-order valence-electron chi connectivity index (χ4n) is 1.49. The lowest BCUT2D eigenvalue weighted by molar-refractivity contribution is -0.166. The summed E-state index contributed by atoms with van der Waals surface area (Å²) in [5.74, 6) is -1.84. The summed E-state index contributed by atoms with van der Waals surface area (Å²) < 4.78 is 37.5. The molecular weight excluding hydrogens is 275 g/mol. The second-order valence-corrected chi connectivity index (χ2v) is 4.81. The fourth-order valence-corrected chi connectivity index (χ4v) is 1.49. The first kappa shape index (κ1) is 18.7. The van der Waals surface area contributed by atoms with Crippen LogP contribution in [0.4, 0.5) is 13.2 Å². The van der Waals surface area contributed by atoms with Crippen molar-refractivity contribution in [1.82, 2.24) is 15.1 Å². The van der Waals surface area contributed by atoms with Crippen LogP contribution in [0, 0.1) is 5.92 Å². The Labute approximate surface area is 117 Å². The van der Waals surface area contributed by atoms with Crippen LogP contribution in [-0.2, 0) is 9.59 Å². The number of carbonyl (C=O) groups is 2. The third kappa shape index (κ3) is 7.32. The van der Waals surface area contributed by atoms with Crippen LogP contribution in [0.1, 0.15) is 13.8 Å². The van der Waals surface area contributed by atoms with Gasteiger partial charge in [-0.1, -0.05) is 13.8 Å². The van der Waals surface area contributed by atoms with Gasteiger partial charge >= 0.3 is 6.18 Å². The van der Waals surface area contributed by atoms with E-state index < -0.39 is 37.0 Å². The Morgan fingerprint density at radius 1 is 1.25 bits per heavy atom. The Morgan fingerprint density at radius 3 is 2.20 bits per heavy atom. The number of rotatable bonds is 7. The molecular formula is C12H22F3N3O2. The number of halogens is 3. The normalized spacial score (nSPS) is 12.9. The third-order valence-electron chi connectivity index (χ3n) is 2.63. The Balaban J connectivity index is 4.82. The van der Waals surface area contributed by atoms with Gasteiger partial charge in [0.1, 0.15) is 13.1 Å². The van der Waals surface area contributed by atoms with Gasteiger partial charge in [0.25, 0.3) is 0 Å². The van der Waals surface area contributed by atoms with Crippen molar-refractivity contribution in [2.75, 3.05) is 40.3 Å². The topological polar surface area (TPSA) is 52.7 Å². The first-order chi connectivity index (χ1) is 9.08. The van der Waals surface area contributed by atoms with Gasteiger partial charge in [-0.05, 0) is 6.54 Å². The number of nitrogens with zero attached hydrogens (tertiary/aromatic N) is 2. The van der Waals surface area contributed by atoms with Gasteiger partial charge in [0.05, 0.1) is 0 Å². The number of likely N-dealkylation sites (N-methyl/N-ethyl adjacent to an activating group) is 1. The van der Waals surface area contributed by atoms with Crippen molar-refractivity contribution in [3.05, 3.63) is 0 Å². The summed E-state index contributed by atoms with van der Waals surface area (Å²) in [6, 6.07) is 0. The summed E-state index contributed by atoms with van der Waals surface area (Å²) in [5, 5.41) is 2.90. The van der Waals surface area contributed by atoms with Crippen molar-refractivity contribution in [3.8, 4) is 0 Å². The maximum atomic E-state index is 12.5. The average Bonchev–Trinajstić information content (AvgIpc) is 2.32. The maximum Gasteiger partial charge on any atom is 0.406 e. The van der Waals surface area contributed by atoms with E-state index in [9.17, 15) is 22.8 Å². The van der Waals surface area contributed by atoms with E-state index in [-0.39, 0.29) is 6.54 Å². The zero-order valence-electron chi connectivity index (χ0n) is 12.3. The van der Waals surface area contributed by atoms with Crippen LogP contribution < -0.4 is 5.32 Å². The van der Waals surface area contributed by atoms with Crippen molar-refractivity contribution in [2.24, 2.45) is 5.92 Å². The minimum Gasteiger partial charge on any atom is -0.347 e. The van der Waals surface area contributed by atoms with Crippen LogP contribution in [0.25, 0.3) is 0 Å². The Hall–Kier alpha value is -1.31. The van der Waals surface area contributed by atoms with E-state index in [1.54, 1.807) is 0 Å². The molecule has 0 saturated carbocycles. The molecule has 0 rings (SSSR count). The van der Waals surface area contributed by atoms with Crippen molar-refractivity contribution in [3.63, 3.8) is 0 Å². The van der Waals surface area contributed by atoms with Crippen molar-refractivity contribution >= 4 is 11.8 Å². The van der Waals surface area contributed by atoms with Crippen molar-refractivity contribution < 1.29 is 22.8 Å². The van der Waals surface area contributed by atoms with E-state index in [2.05, 4.69) is 5.32 Å². The summed E-state index contributed by atoms with van der Waals surface area (Å²) in [6.07, 6.45) is -4.53. The standard InChI is InChI=1S/C12H22F3N3O2/c1-5-16-6-9(2)11(20)18(8-12(13,14)15)7-10(19)17(3)4/h9,16H,5-8H2,1-4H3. The molecule has 2 amide bonds. The van der Waals surface area contributed by atoms with Gasteiger partial charge in [0, 0.05) is 26.6 Å². The van der Waals surface area contributed by atoms with Gasteiger partial charge < -0.3 is 15.1 Å².